The molecule has 0 spiro atoms. The molecule has 10 heteroatoms. The summed E-state index contributed by atoms with van der Waals surface area (Å²) in [6.45, 7) is 0.796. The van der Waals surface area contributed by atoms with Gasteiger partial charge < -0.3 is 10.1 Å². The fraction of sp³-hybridized carbons (Fsp3) is 0.200. The second-order valence-corrected chi connectivity index (χ2v) is 7.30. The molecule has 0 bridgehead atoms. The average Bonchev–Trinajstić information content (AvgIpc) is 3.38. The molecule has 0 atom stereocenters. The highest BCUT2D eigenvalue weighted by molar-refractivity contribution is 7.99. The molecule has 1 saturated heterocycles. The van der Waals surface area contributed by atoms with E-state index < -0.39 is 5.82 Å². The van der Waals surface area contributed by atoms with E-state index in [4.69, 9.17) is 4.74 Å². The molecule has 2 heterocycles. The van der Waals surface area contributed by atoms with Gasteiger partial charge in [0.25, 0.3) is 0 Å². The van der Waals surface area contributed by atoms with E-state index in [2.05, 4.69) is 15.5 Å². The van der Waals surface area contributed by atoms with Gasteiger partial charge in [0.15, 0.2) is 22.5 Å². The molecule has 154 valence electrons. The zero-order chi connectivity index (χ0) is 20.9. The largest absolute Gasteiger partial charge is 0.483 e. The predicted molar refractivity (Wildman–Crippen MR) is 108 cm³/mol. The van der Waals surface area contributed by atoms with Crippen LogP contribution in [0.5, 0.6) is 5.75 Å². The molecule has 2 aromatic carbocycles. The Morgan fingerprint density at radius 1 is 1.13 bits per heavy atom. The number of halogens is 1. The van der Waals surface area contributed by atoms with Crippen LogP contribution < -0.4 is 10.1 Å². The van der Waals surface area contributed by atoms with E-state index in [9.17, 15) is 14.0 Å². The molecule has 3 amide bonds. The number of nitrogens with one attached hydrogen (secondary N) is 1. The zero-order valence-corrected chi connectivity index (χ0v) is 16.6. The highest BCUT2D eigenvalue weighted by atomic mass is 32.2. The quantitative estimate of drug-likeness (QED) is 0.583. The first-order valence-electron chi connectivity index (χ1n) is 9.21. The maximum Gasteiger partial charge on any atom is 0.324 e. The Morgan fingerprint density at radius 2 is 1.90 bits per heavy atom. The van der Waals surface area contributed by atoms with Crippen LogP contribution in [0.3, 0.4) is 0 Å². The number of aromatic nitrogens is 3. The summed E-state index contributed by atoms with van der Waals surface area (Å²) in [6, 6.07) is 15.1. The lowest BCUT2D eigenvalue weighted by molar-refractivity contribution is -0.124. The van der Waals surface area contributed by atoms with Gasteiger partial charge in [0.05, 0.1) is 5.75 Å². The first-order valence-corrected chi connectivity index (χ1v) is 10.2. The number of rotatable bonds is 7. The van der Waals surface area contributed by atoms with Crippen LogP contribution in [0.1, 0.15) is 5.82 Å². The SMILES string of the molecule is O=C(CSc1nnc(COc2ccccc2F)n1-c1ccccc1)N1CCNC1=O. The molecule has 1 fully saturated rings. The van der Waals surface area contributed by atoms with Crippen LogP contribution in [0.15, 0.2) is 59.8 Å². The first kappa shape index (κ1) is 19.9. The second kappa shape index (κ2) is 8.95. The number of benzene rings is 2. The first-order chi connectivity index (χ1) is 14.6. The van der Waals surface area contributed by atoms with Crippen molar-refractivity contribution >= 4 is 23.7 Å². The van der Waals surface area contributed by atoms with Gasteiger partial charge in [0.1, 0.15) is 6.61 Å². The van der Waals surface area contributed by atoms with E-state index in [-0.39, 0.29) is 30.0 Å². The normalized spacial score (nSPS) is 13.4. The number of urea groups is 1. The smallest absolute Gasteiger partial charge is 0.324 e. The van der Waals surface area contributed by atoms with Crippen molar-refractivity contribution in [2.24, 2.45) is 0 Å². The van der Waals surface area contributed by atoms with E-state index in [0.29, 0.717) is 24.1 Å². The van der Waals surface area contributed by atoms with Crippen LogP contribution in [0.25, 0.3) is 5.69 Å². The summed E-state index contributed by atoms with van der Waals surface area (Å²) in [4.78, 5) is 25.2. The number of amides is 3. The molecule has 1 aliphatic heterocycles. The minimum absolute atomic E-state index is 0.00807. The van der Waals surface area contributed by atoms with Gasteiger partial charge >= 0.3 is 6.03 Å². The topological polar surface area (TPSA) is 89.3 Å². The molecule has 0 aliphatic carbocycles. The number of thioether (sulfide) groups is 1. The highest BCUT2D eigenvalue weighted by Crippen LogP contribution is 2.24. The summed E-state index contributed by atoms with van der Waals surface area (Å²) in [5.41, 5.74) is 0.781. The average molecular weight is 427 g/mol. The van der Waals surface area contributed by atoms with E-state index >= 15 is 0 Å². The number of nitrogens with zero attached hydrogens (tertiary/aromatic N) is 4. The monoisotopic (exact) mass is 427 g/mol. The van der Waals surface area contributed by atoms with E-state index in [1.54, 1.807) is 16.7 Å². The van der Waals surface area contributed by atoms with E-state index in [1.165, 1.54) is 28.8 Å². The van der Waals surface area contributed by atoms with Gasteiger partial charge in [-0.05, 0) is 24.3 Å². The molecule has 1 aliphatic rings. The van der Waals surface area contributed by atoms with E-state index in [1.807, 2.05) is 30.3 Å². The van der Waals surface area contributed by atoms with Crippen molar-refractivity contribution in [1.82, 2.24) is 25.0 Å². The van der Waals surface area contributed by atoms with Crippen molar-refractivity contribution in [3.8, 4) is 11.4 Å². The fourth-order valence-corrected chi connectivity index (χ4v) is 3.79. The Kier molecular flexibility index (Phi) is 5.94. The molecule has 3 aromatic rings. The minimum Gasteiger partial charge on any atom is -0.483 e. The summed E-state index contributed by atoms with van der Waals surface area (Å²) >= 11 is 1.17. The Labute approximate surface area is 176 Å². The molecule has 0 unspecified atom stereocenters. The number of ether oxygens (including phenoxy) is 1. The summed E-state index contributed by atoms with van der Waals surface area (Å²) in [6.07, 6.45) is 0. The van der Waals surface area contributed by atoms with Crippen molar-refractivity contribution in [3.05, 3.63) is 66.2 Å². The maximum atomic E-state index is 13.9. The Balaban J connectivity index is 1.54. The molecule has 30 heavy (non-hydrogen) atoms. The van der Waals surface area contributed by atoms with Gasteiger partial charge in [-0.15, -0.1) is 10.2 Å². The molecule has 4 rings (SSSR count). The van der Waals surface area contributed by atoms with Crippen LogP contribution in [-0.4, -0.2) is 50.4 Å². The van der Waals surface area contributed by atoms with Crippen LogP contribution in [-0.2, 0) is 11.4 Å². The van der Waals surface area contributed by atoms with Gasteiger partial charge in [-0.25, -0.2) is 9.18 Å². The van der Waals surface area contributed by atoms with Gasteiger partial charge in [-0.2, -0.15) is 0 Å². The molecule has 0 radical (unpaired) electrons. The maximum absolute atomic E-state index is 13.9. The number of para-hydroxylation sites is 2. The lowest BCUT2D eigenvalue weighted by Crippen LogP contribution is -2.35. The third kappa shape index (κ3) is 4.28. The number of imide groups is 1. The Morgan fingerprint density at radius 3 is 2.63 bits per heavy atom. The van der Waals surface area contributed by atoms with Gasteiger partial charge in [0.2, 0.25) is 5.91 Å². The predicted octanol–water partition coefficient (Wildman–Crippen LogP) is 2.63. The van der Waals surface area contributed by atoms with Crippen LogP contribution in [0, 0.1) is 5.82 Å². The van der Waals surface area contributed by atoms with Crippen LogP contribution in [0.2, 0.25) is 0 Å². The highest BCUT2D eigenvalue weighted by Gasteiger charge is 2.26. The molecular formula is C20H18FN5O3S. The molecule has 1 N–H and O–H groups in total. The van der Waals surface area contributed by atoms with Crippen molar-refractivity contribution in [2.75, 3.05) is 18.8 Å². The van der Waals surface area contributed by atoms with Crippen molar-refractivity contribution in [2.45, 2.75) is 11.8 Å². The Hall–Kier alpha value is -3.40. The number of hydrogen-bond acceptors (Lipinski definition) is 6. The molecular weight excluding hydrogens is 409 g/mol. The second-order valence-electron chi connectivity index (χ2n) is 6.35. The fourth-order valence-electron chi connectivity index (χ4n) is 2.94. The van der Waals surface area contributed by atoms with Crippen molar-refractivity contribution < 1.29 is 18.7 Å². The standard InChI is InChI=1S/C20H18FN5O3S/c21-15-8-4-5-9-16(15)29-12-17-23-24-20(26(17)14-6-2-1-3-7-14)30-13-18(27)25-11-10-22-19(25)28/h1-9H,10-13H2,(H,22,28). The Bertz CT molecular complexity index is 1060. The zero-order valence-electron chi connectivity index (χ0n) is 15.8. The number of carbonyl (C=O) groups excluding carboxylic acids is 2. The number of hydrogen-bond donors (Lipinski definition) is 1. The molecule has 8 nitrogen and oxygen atoms in total. The number of carbonyl (C=O) groups is 2. The van der Waals surface area contributed by atoms with Crippen molar-refractivity contribution in [3.63, 3.8) is 0 Å². The van der Waals surface area contributed by atoms with Gasteiger partial charge in [0, 0.05) is 18.8 Å². The van der Waals surface area contributed by atoms with Gasteiger partial charge in [-0.3, -0.25) is 14.3 Å². The minimum atomic E-state index is -0.465. The summed E-state index contributed by atoms with van der Waals surface area (Å²) in [7, 11) is 0. The van der Waals surface area contributed by atoms with Crippen LogP contribution >= 0.6 is 11.8 Å². The molecule has 0 saturated carbocycles. The molecule has 1 aromatic heterocycles. The summed E-state index contributed by atoms with van der Waals surface area (Å²) < 4.78 is 21.2. The van der Waals surface area contributed by atoms with Crippen molar-refractivity contribution in [1.29, 1.82) is 0 Å². The summed E-state index contributed by atoms with van der Waals surface area (Å²) in [5, 5.41) is 11.4. The lowest BCUT2D eigenvalue weighted by Gasteiger charge is -2.13. The van der Waals surface area contributed by atoms with Crippen LogP contribution in [0.4, 0.5) is 9.18 Å². The third-order valence-corrected chi connectivity index (χ3v) is 5.30. The van der Waals surface area contributed by atoms with Gasteiger partial charge in [-0.1, -0.05) is 42.1 Å². The third-order valence-electron chi connectivity index (χ3n) is 4.39. The summed E-state index contributed by atoms with van der Waals surface area (Å²) in [5.74, 6) is -0.163. The lowest BCUT2D eigenvalue weighted by atomic mass is 10.3. The van der Waals surface area contributed by atoms with E-state index in [0.717, 1.165) is 5.69 Å².